The van der Waals surface area contributed by atoms with Crippen molar-refractivity contribution >= 4 is 45.5 Å². The Morgan fingerprint density at radius 3 is 2.44 bits per heavy atom. The number of anilines is 1. The van der Waals surface area contributed by atoms with Crippen LogP contribution in [0.25, 0.3) is 6.08 Å². The van der Waals surface area contributed by atoms with Crippen LogP contribution >= 0.6 is 0 Å². The zero-order valence-corrected chi connectivity index (χ0v) is 17.7. The Morgan fingerprint density at radius 1 is 1.03 bits per heavy atom. The van der Waals surface area contributed by atoms with Gasteiger partial charge in [0, 0.05) is 18.1 Å². The van der Waals surface area contributed by atoms with E-state index in [2.05, 4.69) is 5.32 Å². The summed E-state index contributed by atoms with van der Waals surface area (Å²) in [4.78, 5) is 48.6. The molecular weight excluding hydrogens is 438 g/mol. The number of amides is 3. The summed E-state index contributed by atoms with van der Waals surface area (Å²) < 4.78 is 30.6. The number of rotatable bonds is 8. The molecule has 0 unspecified atom stereocenters. The molecule has 0 radical (unpaired) electrons. The highest BCUT2D eigenvalue weighted by Crippen LogP contribution is 2.24. The van der Waals surface area contributed by atoms with E-state index >= 15 is 0 Å². The number of hydrogen-bond donors (Lipinski definition) is 2. The average molecular weight is 457 g/mol. The SMILES string of the molecule is CN1C(=O)c2ccc(NC(=O)COC(=O)CNS(=O)(=O)/C=C/c3ccccc3)cc2C1=O. The number of fused-ring (bicyclic) bond motifs is 1. The molecule has 0 atom stereocenters. The average Bonchev–Trinajstić information content (AvgIpc) is 2.99. The van der Waals surface area contributed by atoms with Crippen LogP contribution in [0.1, 0.15) is 26.3 Å². The standard InChI is InChI=1S/C21H19N3O7S/c1-24-20(27)16-8-7-15(11-17(16)21(24)28)23-18(25)13-31-19(26)12-22-32(29,30)10-9-14-5-3-2-4-6-14/h2-11,22H,12-13H2,1H3,(H,23,25)/b10-9+. The normalized spacial score (nSPS) is 13.3. The molecule has 1 aliphatic heterocycles. The van der Waals surface area contributed by atoms with Crippen molar-refractivity contribution in [1.29, 1.82) is 0 Å². The van der Waals surface area contributed by atoms with E-state index in [1.165, 1.54) is 31.3 Å². The van der Waals surface area contributed by atoms with Gasteiger partial charge in [-0.05, 0) is 29.8 Å². The molecule has 2 N–H and O–H groups in total. The number of carbonyl (C=O) groups is 4. The molecule has 0 spiro atoms. The number of nitrogens with one attached hydrogen (secondary N) is 2. The van der Waals surface area contributed by atoms with Gasteiger partial charge in [-0.15, -0.1) is 0 Å². The molecule has 11 heteroatoms. The lowest BCUT2D eigenvalue weighted by molar-refractivity contribution is -0.146. The van der Waals surface area contributed by atoms with Crippen LogP contribution in [0.15, 0.2) is 53.9 Å². The topological polar surface area (TPSA) is 139 Å². The summed E-state index contributed by atoms with van der Waals surface area (Å²) >= 11 is 0. The second kappa shape index (κ2) is 9.54. The van der Waals surface area contributed by atoms with Crippen LogP contribution in [-0.2, 0) is 24.3 Å². The zero-order valence-electron chi connectivity index (χ0n) is 16.9. The molecule has 0 saturated carbocycles. The van der Waals surface area contributed by atoms with Gasteiger partial charge in [-0.1, -0.05) is 30.3 Å². The van der Waals surface area contributed by atoms with E-state index in [-0.39, 0.29) is 16.8 Å². The van der Waals surface area contributed by atoms with Gasteiger partial charge < -0.3 is 10.1 Å². The van der Waals surface area contributed by atoms with Crippen molar-refractivity contribution in [2.75, 3.05) is 25.5 Å². The molecule has 0 fully saturated rings. The minimum absolute atomic E-state index is 0.158. The van der Waals surface area contributed by atoms with E-state index in [1.807, 2.05) is 4.72 Å². The highest BCUT2D eigenvalue weighted by molar-refractivity contribution is 7.92. The van der Waals surface area contributed by atoms with Crippen LogP contribution in [-0.4, -0.2) is 57.2 Å². The van der Waals surface area contributed by atoms with Gasteiger partial charge in [0.2, 0.25) is 10.0 Å². The summed E-state index contributed by atoms with van der Waals surface area (Å²) in [5.74, 6) is -2.57. The Balaban J connectivity index is 1.46. The third-order valence-corrected chi connectivity index (χ3v) is 5.44. The van der Waals surface area contributed by atoms with Crippen LogP contribution in [0, 0.1) is 0 Å². The summed E-state index contributed by atoms with van der Waals surface area (Å²) in [7, 11) is -2.52. The maximum Gasteiger partial charge on any atom is 0.321 e. The van der Waals surface area contributed by atoms with Gasteiger partial charge in [0.1, 0.15) is 6.54 Å². The molecule has 0 saturated heterocycles. The summed E-state index contributed by atoms with van der Waals surface area (Å²) in [6.07, 6.45) is 1.37. The summed E-state index contributed by atoms with van der Waals surface area (Å²) in [5.41, 5.74) is 1.30. The van der Waals surface area contributed by atoms with Crippen LogP contribution in [0.4, 0.5) is 5.69 Å². The molecule has 166 valence electrons. The lowest BCUT2D eigenvalue weighted by Gasteiger charge is -2.08. The first-order valence-electron chi connectivity index (χ1n) is 9.31. The first-order valence-corrected chi connectivity index (χ1v) is 10.9. The molecule has 0 aromatic heterocycles. The number of esters is 1. The fourth-order valence-corrected chi connectivity index (χ4v) is 3.52. The van der Waals surface area contributed by atoms with Gasteiger partial charge >= 0.3 is 5.97 Å². The molecule has 3 amide bonds. The first-order chi connectivity index (χ1) is 15.2. The molecule has 2 aromatic carbocycles. The van der Waals surface area contributed by atoms with Crippen molar-refractivity contribution in [3.8, 4) is 0 Å². The quantitative estimate of drug-likeness (QED) is 0.445. The van der Waals surface area contributed by atoms with E-state index in [1.54, 1.807) is 30.3 Å². The number of benzene rings is 2. The van der Waals surface area contributed by atoms with Gasteiger partial charge in [0.05, 0.1) is 11.1 Å². The van der Waals surface area contributed by atoms with Crippen LogP contribution < -0.4 is 10.0 Å². The summed E-state index contributed by atoms with van der Waals surface area (Å²) in [6.45, 7) is -1.32. The van der Waals surface area contributed by atoms with E-state index < -0.39 is 46.9 Å². The fraction of sp³-hybridized carbons (Fsp3) is 0.143. The maximum absolute atomic E-state index is 12.0. The Labute approximate surface area is 183 Å². The predicted molar refractivity (Wildman–Crippen MR) is 115 cm³/mol. The Morgan fingerprint density at radius 2 is 1.72 bits per heavy atom. The van der Waals surface area contributed by atoms with Gasteiger partial charge in [-0.2, -0.15) is 0 Å². The highest BCUT2D eigenvalue weighted by Gasteiger charge is 2.32. The van der Waals surface area contributed by atoms with E-state index in [9.17, 15) is 27.6 Å². The maximum atomic E-state index is 12.0. The van der Waals surface area contributed by atoms with Crippen molar-refractivity contribution < 1.29 is 32.3 Å². The Kier molecular flexibility index (Phi) is 6.81. The minimum atomic E-state index is -3.88. The second-order valence-electron chi connectivity index (χ2n) is 6.72. The summed E-state index contributed by atoms with van der Waals surface area (Å²) in [5, 5.41) is 3.36. The molecule has 2 aromatic rings. The number of nitrogens with zero attached hydrogens (tertiary/aromatic N) is 1. The third-order valence-electron chi connectivity index (χ3n) is 4.39. The van der Waals surface area contributed by atoms with Gasteiger partial charge in [-0.25, -0.2) is 13.1 Å². The summed E-state index contributed by atoms with van der Waals surface area (Å²) in [6, 6.07) is 12.9. The number of sulfonamides is 1. The molecule has 32 heavy (non-hydrogen) atoms. The molecule has 3 rings (SSSR count). The van der Waals surface area contributed by atoms with E-state index in [0.29, 0.717) is 5.56 Å². The van der Waals surface area contributed by atoms with Crippen molar-refractivity contribution in [3.05, 3.63) is 70.6 Å². The zero-order chi connectivity index (χ0) is 23.3. The lowest BCUT2D eigenvalue weighted by Crippen LogP contribution is -2.31. The second-order valence-corrected chi connectivity index (χ2v) is 8.37. The van der Waals surface area contributed by atoms with Crippen LogP contribution in [0.2, 0.25) is 0 Å². The molecule has 10 nitrogen and oxygen atoms in total. The number of hydrogen-bond acceptors (Lipinski definition) is 7. The monoisotopic (exact) mass is 457 g/mol. The van der Waals surface area contributed by atoms with Crippen LogP contribution in [0.5, 0.6) is 0 Å². The number of ether oxygens (including phenoxy) is 1. The van der Waals surface area contributed by atoms with Crippen molar-refractivity contribution in [2.24, 2.45) is 0 Å². The van der Waals surface area contributed by atoms with Crippen molar-refractivity contribution in [1.82, 2.24) is 9.62 Å². The smallest absolute Gasteiger partial charge is 0.321 e. The number of imide groups is 1. The molecular formula is C21H19N3O7S. The Bertz CT molecular complexity index is 1210. The highest BCUT2D eigenvalue weighted by atomic mass is 32.2. The lowest BCUT2D eigenvalue weighted by atomic mass is 10.1. The van der Waals surface area contributed by atoms with Gasteiger partial charge in [0.15, 0.2) is 6.61 Å². The molecule has 1 aliphatic rings. The number of carbonyl (C=O) groups excluding carboxylic acids is 4. The predicted octanol–water partition coefficient (Wildman–Crippen LogP) is 0.984. The van der Waals surface area contributed by atoms with Crippen molar-refractivity contribution in [3.63, 3.8) is 0 Å². The fourth-order valence-electron chi connectivity index (χ4n) is 2.77. The van der Waals surface area contributed by atoms with Gasteiger partial charge in [0.25, 0.3) is 17.7 Å². The third kappa shape index (κ3) is 5.65. The van der Waals surface area contributed by atoms with E-state index in [4.69, 9.17) is 4.74 Å². The van der Waals surface area contributed by atoms with Crippen LogP contribution in [0.3, 0.4) is 0 Å². The molecule has 0 bridgehead atoms. The van der Waals surface area contributed by atoms with E-state index in [0.717, 1.165) is 10.3 Å². The largest absolute Gasteiger partial charge is 0.455 e. The molecule has 1 heterocycles. The Hall–Kier alpha value is -3.83. The van der Waals surface area contributed by atoms with Gasteiger partial charge in [-0.3, -0.25) is 24.1 Å². The first kappa shape index (κ1) is 22.8. The molecule has 0 aliphatic carbocycles. The van der Waals surface area contributed by atoms with Crippen molar-refractivity contribution in [2.45, 2.75) is 0 Å². The minimum Gasteiger partial charge on any atom is -0.455 e.